The molecule has 0 aliphatic carbocycles. The minimum absolute atomic E-state index is 0.0806. The fraction of sp³-hybridized carbons (Fsp3) is 0.611. The molecule has 0 saturated carbocycles. The summed E-state index contributed by atoms with van der Waals surface area (Å²) in [5.41, 5.74) is 0.649. The van der Waals surface area contributed by atoms with E-state index in [1.807, 2.05) is 11.8 Å². The molecule has 1 unspecified atom stereocenters. The first-order valence-corrected chi connectivity index (χ1v) is 10.5. The Balaban J connectivity index is 1.75. The Morgan fingerprint density at radius 3 is 2.30 bits per heavy atom. The Bertz CT molecular complexity index is 713. The quantitative estimate of drug-likeness (QED) is 0.606. The average molecular weight is 400 g/mol. The lowest BCUT2D eigenvalue weighted by atomic mass is 10.1. The summed E-state index contributed by atoms with van der Waals surface area (Å²) in [7, 11) is -0.338. The topological polar surface area (TPSA) is 90.4 Å². The molecule has 152 valence electrons. The normalized spacial score (nSPS) is 17.8. The molecule has 1 saturated heterocycles. The fourth-order valence-corrected chi connectivity index (χ4v) is 3.94. The van der Waals surface area contributed by atoms with Crippen LogP contribution in [-0.4, -0.2) is 92.3 Å². The van der Waals surface area contributed by atoms with Gasteiger partial charge in [-0.05, 0) is 24.3 Å². The number of aliphatic hydroxyl groups is 1. The van der Waals surface area contributed by atoms with Gasteiger partial charge in [0.25, 0.3) is 10.2 Å². The van der Waals surface area contributed by atoms with E-state index < -0.39 is 16.3 Å². The van der Waals surface area contributed by atoms with Crippen molar-refractivity contribution in [3.63, 3.8) is 0 Å². The van der Waals surface area contributed by atoms with Crippen molar-refractivity contribution in [3.8, 4) is 5.75 Å². The number of benzene rings is 1. The van der Waals surface area contributed by atoms with E-state index >= 15 is 0 Å². The van der Waals surface area contributed by atoms with Crippen molar-refractivity contribution in [2.45, 2.75) is 19.4 Å². The standard InChI is InChI=1S/C18H29N3O5S/c1-4-18(23)15-5-7-17(8-6-15)26-14-16(22)13-20-9-11-21(12-10-20)27(24,25)19(2)3/h5-8,16,22H,4,9-14H2,1-3H3. The Labute approximate surface area is 161 Å². The third-order valence-electron chi connectivity index (χ3n) is 4.53. The number of rotatable bonds is 9. The molecule has 1 atom stereocenters. The number of hydrogen-bond acceptors (Lipinski definition) is 6. The smallest absolute Gasteiger partial charge is 0.281 e. The zero-order valence-corrected chi connectivity index (χ0v) is 17.0. The molecule has 1 aromatic carbocycles. The van der Waals surface area contributed by atoms with Gasteiger partial charge in [0.2, 0.25) is 0 Å². The molecular formula is C18H29N3O5S. The van der Waals surface area contributed by atoms with Gasteiger partial charge >= 0.3 is 0 Å². The summed E-state index contributed by atoms with van der Waals surface area (Å²) in [6, 6.07) is 6.89. The minimum atomic E-state index is -3.38. The SMILES string of the molecule is CCC(=O)c1ccc(OCC(O)CN2CCN(S(=O)(=O)N(C)C)CC2)cc1. The van der Waals surface area contributed by atoms with Crippen LogP contribution < -0.4 is 4.74 Å². The first-order valence-electron chi connectivity index (χ1n) is 9.08. The van der Waals surface area contributed by atoms with Gasteiger partial charge in [0.1, 0.15) is 18.5 Å². The monoisotopic (exact) mass is 399 g/mol. The van der Waals surface area contributed by atoms with Crippen LogP contribution in [0.25, 0.3) is 0 Å². The maximum Gasteiger partial charge on any atom is 0.281 e. The van der Waals surface area contributed by atoms with Crippen molar-refractivity contribution >= 4 is 16.0 Å². The summed E-state index contributed by atoms with van der Waals surface area (Å²) in [5, 5.41) is 10.2. The van der Waals surface area contributed by atoms with Crippen molar-refractivity contribution in [2.24, 2.45) is 0 Å². The Morgan fingerprint density at radius 2 is 1.78 bits per heavy atom. The molecule has 1 aliphatic rings. The van der Waals surface area contributed by atoms with Crippen molar-refractivity contribution in [2.75, 3.05) is 53.4 Å². The first-order chi connectivity index (χ1) is 12.7. The highest BCUT2D eigenvalue weighted by Gasteiger charge is 2.29. The lowest BCUT2D eigenvalue weighted by molar-refractivity contribution is 0.0564. The van der Waals surface area contributed by atoms with Crippen molar-refractivity contribution in [1.29, 1.82) is 0 Å². The van der Waals surface area contributed by atoms with Crippen molar-refractivity contribution < 1.29 is 23.1 Å². The van der Waals surface area contributed by atoms with Crippen LogP contribution in [0.3, 0.4) is 0 Å². The van der Waals surface area contributed by atoms with E-state index in [9.17, 15) is 18.3 Å². The van der Waals surface area contributed by atoms with E-state index in [-0.39, 0.29) is 12.4 Å². The number of ketones is 1. The van der Waals surface area contributed by atoms with Gasteiger partial charge in [-0.25, -0.2) is 0 Å². The lowest BCUT2D eigenvalue weighted by Crippen LogP contribution is -2.53. The van der Waals surface area contributed by atoms with E-state index in [1.165, 1.54) is 22.7 Å². The van der Waals surface area contributed by atoms with Crippen LogP contribution in [0.15, 0.2) is 24.3 Å². The van der Waals surface area contributed by atoms with E-state index in [0.717, 1.165) is 0 Å². The Kier molecular flexibility index (Phi) is 7.75. The van der Waals surface area contributed by atoms with Gasteiger partial charge in [-0.3, -0.25) is 9.69 Å². The first kappa shape index (κ1) is 21.8. The average Bonchev–Trinajstić information content (AvgIpc) is 2.66. The molecule has 8 nitrogen and oxygen atoms in total. The van der Waals surface area contributed by atoms with Crippen molar-refractivity contribution in [3.05, 3.63) is 29.8 Å². The lowest BCUT2D eigenvalue weighted by Gasteiger charge is -2.35. The number of Topliss-reactive ketones (excluding diaryl/α,β-unsaturated/α-hetero) is 1. The Morgan fingerprint density at radius 1 is 1.19 bits per heavy atom. The minimum Gasteiger partial charge on any atom is -0.491 e. The number of β-amino-alcohol motifs (C(OH)–C–C–N with tert-alkyl or cyclic N) is 1. The molecular weight excluding hydrogens is 370 g/mol. The van der Waals surface area contributed by atoms with Gasteiger partial charge in [-0.1, -0.05) is 6.92 Å². The van der Waals surface area contributed by atoms with Gasteiger partial charge in [-0.2, -0.15) is 17.0 Å². The number of carbonyl (C=O) groups is 1. The van der Waals surface area contributed by atoms with E-state index in [0.29, 0.717) is 50.5 Å². The second kappa shape index (κ2) is 9.61. The summed E-state index contributed by atoms with van der Waals surface area (Å²) >= 11 is 0. The van der Waals surface area contributed by atoms with Crippen LogP contribution >= 0.6 is 0 Å². The predicted octanol–water partition coefficient (Wildman–Crippen LogP) is 0.443. The second-order valence-corrected chi connectivity index (χ2v) is 8.90. The van der Waals surface area contributed by atoms with E-state index in [1.54, 1.807) is 24.3 Å². The zero-order valence-electron chi connectivity index (χ0n) is 16.2. The number of carbonyl (C=O) groups excluding carboxylic acids is 1. The van der Waals surface area contributed by atoms with Crippen LogP contribution in [0.5, 0.6) is 5.75 Å². The highest BCUT2D eigenvalue weighted by Crippen LogP contribution is 2.14. The summed E-state index contributed by atoms with van der Waals surface area (Å²) in [5.74, 6) is 0.681. The fourth-order valence-electron chi connectivity index (χ4n) is 2.86. The van der Waals surface area contributed by atoms with Gasteiger partial charge < -0.3 is 9.84 Å². The molecule has 2 rings (SSSR count). The van der Waals surface area contributed by atoms with Crippen LogP contribution in [0.1, 0.15) is 23.7 Å². The number of piperazine rings is 1. The van der Waals surface area contributed by atoms with Gasteiger partial charge in [0.15, 0.2) is 5.78 Å². The molecule has 0 radical (unpaired) electrons. The number of hydrogen-bond donors (Lipinski definition) is 1. The maximum absolute atomic E-state index is 12.1. The molecule has 1 aliphatic heterocycles. The highest BCUT2D eigenvalue weighted by atomic mass is 32.2. The number of ether oxygens (including phenoxy) is 1. The summed E-state index contributed by atoms with van der Waals surface area (Å²) in [4.78, 5) is 13.6. The number of aliphatic hydroxyl groups excluding tert-OH is 1. The molecule has 9 heteroatoms. The molecule has 1 heterocycles. The van der Waals surface area contributed by atoms with E-state index in [4.69, 9.17) is 4.74 Å². The predicted molar refractivity (Wildman–Crippen MR) is 103 cm³/mol. The molecule has 0 aromatic heterocycles. The second-order valence-electron chi connectivity index (χ2n) is 6.76. The van der Waals surface area contributed by atoms with Crippen LogP contribution in [-0.2, 0) is 10.2 Å². The molecule has 0 spiro atoms. The molecule has 0 bridgehead atoms. The van der Waals surface area contributed by atoms with Gasteiger partial charge in [0.05, 0.1) is 0 Å². The largest absolute Gasteiger partial charge is 0.491 e. The van der Waals surface area contributed by atoms with Gasteiger partial charge in [0, 0.05) is 58.8 Å². The Hall–Kier alpha value is -1.52. The summed E-state index contributed by atoms with van der Waals surface area (Å²) in [6.45, 7) is 4.32. The van der Waals surface area contributed by atoms with Crippen molar-refractivity contribution in [1.82, 2.24) is 13.5 Å². The van der Waals surface area contributed by atoms with Gasteiger partial charge in [-0.15, -0.1) is 0 Å². The molecule has 1 N–H and O–H groups in total. The highest BCUT2D eigenvalue weighted by molar-refractivity contribution is 7.86. The third kappa shape index (κ3) is 5.98. The summed E-state index contributed by atoms with van der Waals surface area (Å²) < 4.78 is 32.5. The third-order valence-corrected chi connectivity index (χ3v) is 6.47. The molecule has 1 fully saturated rings. The van der Waals surface area contributed by atoms with Crippen LogP contribution in [0.4, 0.5) is 0 Å². The zero-order chi connectivity index (χ0) is 20.0. The number of nitrogens with zero attached hydrogens (tertiary/aromatic N) is 3. The van der Waals surface area contributed by atoms with Crippen LogP contribution in [0.2, 0.25) is 0 Å². The molecule has 0 amide bonds. The van der Waals surface area contributed by atoms with E-state index in [2.05, 4.69) is 0 Å². The molecule has 1 aromatic rings. The molecule has 27 heavy (non-hydrogen) atoms. The maximum atomic E-state index is 12.1. The van der Waals surface area contributed by atoms with Crippen LogP contribution in [0, 0.1) is 0 Å². The summed E-state index contributed by atoms with van der Waals surface area (Å²) in [6.07, 6.45) is -0.221.